The molecule has 2 nitrogen and oxygen atoms in total. The summed E-state index contributed by atoms with van der Waals surface area (Å²) in [6.07, 6.45) is 15.7. The third-order valence-corrected chi connectivity index (χ3v) is 5.88. The fraction of sp³-hybridized carbons (Fsp3) is 0.640. The molecule has 0 aromatic heterocycles. The lowest BCUT2D eigenvalue weighted by Crippen LogP contribution is -2.21. The number of unbranched alkanes of at least 4 members (excludes halogenated alkanes) is 4. The molecule has 28 heavy (non-hydrogen) atoms. The molecule has 0 heterocycles. The molecule has 0 N–H and O–H groups in total. The fourth-order valence-electron chi connectivity index (χ4n) is 4.03. The summed E-state index contributed by atoms with van der Waals surface area (Å²) >= 11 is 0. The predicted molar refractivity (Wildman–Crippen MR) is 113 cm³/mol. The number of nitriles is 1. The van der Waals surface area contributed by atoms with E-state index >= 15 is 0 Å². The molecule has 0 spiro atoms. The number of aryl methyl sites for hydroxylation is 1. The van der Waals surface area contributed by atoms with Crippen molar-refractivity contribution < 1.29 is 9.13 Å². The van der Waals surface area contributed by atoms with Crippen LogP contribution in [0, 0.1) is 17.2 Å². The number of allylic oxidation sites excluding steroid dienone is 2. The van der Waals surface area contributed by atoms with Crippen LogP contribution in [-0.2, 0) is 17.8 Å². The summed E-state index contributed by atoms with van der Waals surface area (Å²) in [5, 5.41) is 8.43. The van der Waals surface area contributed by atoms with Gasteiger partial charge in [-0.05, 0) is 74.5 Å². The van der Waals surface area contributed by atoms with Crippen molar-refractivity contribution >= 4 is 0 Å². The van der Waals surface area contributed by atoms with Crippen LogP contribution in [-0.4, -0.2) is 6.10 Å². The normalized spacial score (nSPS) is 20.1. The van der Waals surface area contributed by atoms with Crippen LogP contribution in [0.3, 0.4) is 0 Å². The van der Waals surface area contributed by atoms with Gasteiger partial charge in [-0.1, -0.05) is 56.9 Å². The largest absolute Gasteiger partial charge is 0.374 e. The smallest absolute Gasteiger partial charge is 0.196 e. The Balaban J connectivity index is 1.60. The van der Waals surface area contributed by atoms with Crippen LogP contribution in [0.2, 0.25) is 0 Å². The van der Waals surface area contributed by atoms with Gasteiger partial charge in [0.25, 0.3) is 0 Å². The Morgan fingerprint density at radius 1 is 1.07 bits per heavy atom. The summed E-state index contributed by atoms with van der Waals surface area (Å²) in [7, 11) is 0. The zero-order valence-electron chi connectivity index (χ0n) is 17.5. The molecule has 1 fully saturated rings. The van der Waals surface area contributed by atoms with Crippen molar-refractivity contribution in [3.63, 3.8) is 0 Å². The molecule has 3 heteroatoms. The highest BCUT2D eigenvalue weighted by atomic mass is 19.1. The Hall–Kier alpha value is -1.66. The molecule has 0 atom stereocenters. The highest BCUT2D eigenvalue weighted by molar-refractivity contribution is 5.22. The minimum absolute atomic E-state index is 0.348. The van der Waals surface area contributed by atoms with E-state index in [1.165, 1.54) is 61.8 Å². The van der Waals surface area contributed by atoms with Gasteiger partial charge in [0.15, 0.2) is 5.83 Å². The minimum Gasteiger partial charge on any atom is -0.374 e. The second kappa shape index (κ2) is 13.5. The van der Waals surface area contributed by atoms with Crippen LogP contribution in [0.4, 0.5) is 4.39 Å². The average Bonchev–Trinajstić information content (AvgIpc) is 2.73. The first-order valence-electron chi connectivity index (χ1n) is 11.2. The molecule has 1 saturated carbocycles. The van der Waals surface area contributed by atoms with Crippen LogP contribution >= 0.6 is 0 Å². The predicted octanol–water partition coefficient (Wildman–Crippen LogP) is 7.43. The number of hydrogen-bond acceptors (Lipinski definition) is 2. The van der Waals surface area contributed by atoms with Crippen molar-refractivity contribution in [3.8, 4) is 6.07 Å². The van der Waals surface area contributed by atoms with Gasteiger partial charge in [0.2, 0.25) is 0 Å². The first-order chi connectivity index (χ1) is 13.7. The number of ether oxygens (including phenoxy) is 1. The summed E-state index contributed by atoms with van der Waals surface area (Å²) in [5.74, 6) is -0.0151. The third-order valence-electron chi connectivity index (χ3n) is 5.88. The fourth-order valence-corrected chi connectivity index (χ4v) is 4.03. The van der Waals surface area contributed by atoms with Gasteiger partial charge in [0, 0.05) is 0 Å². The van der Waals surface area contributed by atoms with Crippen LogP contribution in [0.25, 0.3) is 0 Å². The van der Waals surface area contributed by atoms with Gasteiger partial charge in [0.1, 0.15) is 6.07 Å². The molecule has 1 aromatic rings. The lowest BCUT2D eigenvalue weighted by Gasteiger charge is -2.28. The van der Waals surface area contributed by atoms with E-state index in [0.717, 1.165) is 32.1 Å². The van der Waals surface area contributed by atoms with Gasteiger partial charge in [-0.15, -0.1) is 0 Å². The molecule has 0 aliphatic heterocycles. The molecule has 1 aliphatic rings. The number of benzene rings is 1. The Kier molecular flexibility index (Phi) is 10.9. The molecule has 1 aliphatic carbocycles. The molecule has 154 valence electrons. The molecule has 2 rings (SSSR count). The van der Waals surface area contributed by atoms with Gasteiger partial charge in [-0.2, -0.15) is 9.65 Å². The van der Waals surface area contributed by atoms with E-state index in [9.17, 15) is 4.39 Å². The van der Waals surface area contributed by atoms with Gasteiger partial charge < -0.3 is 4.74 Å². The number of nitrogens with zero attached hydrogens (tertiary/aromatic N) is 1. The Labute approximate surface area is 170 Å². The number of hydrogen-bond donors (Lipinski definition) is 0. The first kappa shape index (κ1) is 22.6. The third kappa shape index (κ3) is 9.02. The SMILES string of the molecule is CCCCCCCc1ccc(COC2CCC(CCC=C(F)C#N)CC2)cc1. The maximum absolute atomic E-state index is 12.8. The summed E-state index contributed by atoms with van der Waals surface area (Å²) in [6, 6.07) is 10.5. The highest BCUT2D eigenvalue weighted by Crippen LogP contribution is 2.30. The summed E-state index contributed by atoms with van der Waals surface area (Å²) in [6.45, 7) is 2.95. The van der Waals surface area contributed by atoms with E-state index in [4.69, 9.17) is 10.00 Å². The first-order valence-corrected chi connectivity index (χ1v) is 11.2. The van der Waals surface area contributed by atoms with Crippen LogP contribution in [0.15, 0.2) is 36.2 Å². The van der Waals surface area contributed by atoms with Crippen LogP contribution in [0.5, 0.6) is 0 Å². The van der Waals surface area contributed by atoms with Crippen molar-refractivity contribution in [2.75, 3.05) is 0 Å². The quantitative estimate of drug-likeness (QED) is 0.277. The zero-order valence-corrected chi connectivity index (χ0v) is 17.5. The van der Waals surface area contributed by atoms with E-state index in [1.54, 1.807) is 0 Å². The Morgan fingerprint density at radius 2 is 1.75 bits per heavy atom. The Bertz CT molecular complexity index is 608. The topological polar surface area (TPSA) is 33.0 Å². The van der Waals surface area contributed by atoms with E-state index < -0.39 is 5.83 Å². The molecule has 0 radical (unpaired) electrons. The lowest BCUT2D eigenvalue weighted by molar-refractivity contribution is 0.00645. The van der Waals surface area contributed by atoms with Gasteiger partial charge in [0.05, 0.1) is 12.7 Å². The van der Waals surface area contributed by atoms with E-state index in [-0.39, 0.29) is 0 Å². The average molecular weight is 386 g/mol. The Morgan fingerprint density at radius 3 is 2.43 bits per heavy atom. The van der Waals surface area contributed by atoms with E-state index in [2.05, 4.69) is 31.2 Å². The van der Waals surface area contributed by atoms with Gasteiger partial charge in [-0.25, -0.2) is 0 Å². The van der Waals surface area contributed by atoms with Gasteiger partial charge in [-0.3, -0.25) is 0 Å². The molecular formula is C25H36FNO. The highest BCUT2D eigenvalue weighted by Gasteiger charge is 2.21. The molecular weight excluding hydrogens is 349 g/mol. The van der Waals surface area contributed by atoms with Crippen molar-refractivity contribution in [2.24, 2.45) is 5.92 Å². The summed E-state index contributed by atoms with van der Waals surface area (Å²) < 4.78 is 18.9. The van der Waals surface area contributed by atoms with Crippen LogP contribution < -0.4 is 0 Å². The maximum atomic E-state index is 12.8. The summed E-state index contributed by atoms with van der Waals surface area (Å²) in [4.78, 5) is 0. The molecule has 0 saturated heterocycles. The monoisotopic (exact) mass is 385 g/mol. The number of rotatable bonds is 12. The molecule has 0 amide bonds. The van der Waals surface area contributed by atoms with Crippen LogP contribution in [0.1, 0.15) is 88.7 Å². The second-order valence-electron chi connectivity index (χ2n) is 8.18. The van der Waals surface area contributed by atoms with Gasteiger partial charge >= 0.3 is 0 Å². The maximum Gasteiger partial charge on any atom is 0.196 e. The second-order valence-corrected chi connectivity index (χ2v) is 8.18. The minimum atomic E-state index is -0.653. The molecule has 1 aromatic carbocycles. The van der Waals surface area contributed by atoms with E-state index in [1.807, 2.05) is 0 Å². The van der Waals surface area contributed by atoms with Crippen molar-refractivity contribution in [3.05, 3.63) is 47.3 Å². The standard InChI is InChI=1S/C25H36FNO/c1-2-3-4-5-6-8-21-11-13-23(14-12-21)20-28-25-17-15-22(16-18-25)9-7-10-24(26)19-27/h10-14,22,25H,2-9,15-18,20H2,1H3. The van der Waals surface area contributed by atoms with Crippen molar-refractivity contribution in [1.29, 1.82) is 5.26 Å². The lowest BCUT2D eigenvalue weighted by atomic mass is 9.84. The zero-order chi connectivity index (χ0) is 20.0. The number of halogens is 1. The van der Waals surface area contributed by atoms with Crippen molar-refractivity contribution in [1.82, 2.24) is 0 Å². The molecule has 0 unspecified atom stereocenters. The van der Waals surface area contributed by atoms with E-state index in [0.29, 0.717) is 25.0 Å². The molecule has 0 bridgehead atoms. The summed E-state index contributed by atoms with van der Waals surface area (Å²) in [5.41, 5.74) is 2.69. The van der Waals surface area contributed by atoms with Crippen molar-refractivity contribution in [2.45, 2.75) is 96.7 Å².